The highest BCUT2D eigenvalue weighted by Gasteiger charge is 2.35. The SMILES string of the molecule is CCSC1CCC(N2CCNC(C(C)(C)C)C2)C1. The normalized spacial score (nSPS) is 35.0. The Labute approximate surface area is 117 Å². The van der Waals surface area contributed by atoms with E-state index in [-0.39, 0.29) is 0 Å². The second-order valence-corrected chi connectivity index (χ2v) is 8.49. The first-order chi connectivity index (χ1) is 8.50. The molecule has 1 heterocycles. The van der Waals surface area contributed by atoms with Crippen LogP contribution < -0.4 is 5.32 Å². The molecule has 0 spiro atoms. The fourth-order valence-corrected chi connectivity index (χ4v) is 4.45. The maximum Gasteiger partial charge on any atom is 0.0244 e. The first kappa shape index (κ1) is 14.7. The molecule has 1 saturated carbocycles. The average molecular weight is 270 g/mol. The van der Waals surface area contributed by atoms with Crippen LogP contribution in [0.4, 0.5) is 0 Å². The van der Waals surface area contributed by atoms with Gasteiger partial charge in [0.25, 0.3) is 0 Å². The third-order valence-electron chi connectivity index (χ3n) is 4.53. The summed E-state index contributed by atoms with van der Waals surface area (Å²) in [5, 5.41) is 4.64. The van der Waals surface area contributed by atoms with Gasteiger partial charge in [-0.2, -0.15) is 11.8 Å². The number of piperazine rings is 1. The predicted octanol–water partition coefficient (Wildman–Crippen LogP) is 2.98. The lowest BCUT2D eigenvalue weighted by Gasteiger charge is -2.43. The Morgan fingerprint density at radius 2 is 2.06 bits per heavy atom. The van der Waals surface area contributed by atoms with Crippen LogP contribution in [0.25, 0.3) is 0 Å². The third-order valence-corrected chi connectivity index (χ3v) is 5.76. The fraction of sp³-hybridized carbons (Fsp3) is 1.00. The molecule has 18 heavy (non-hydrogen) atoms. The molecule has 1 saturated heterocycles. The number of hydrogen-bond donors (Lipinski definition) is 1. The molecule has 0 bridgehead atoms. The molecule has 106 valence electrons. The monoisotopic (exact) mass is 270 g/mol. The second kappa shape index (κ2) is 6.15. The molecule has 1 aliphatic carbocycles. The van der Waals surface area contributed by atoms with E-state index in [0.717, 1.165) is 11.3 Å². The number of hydrogen-bond acceptors (Lipinski definition) is 3. The van der Waals surface area contributed by atoms with Crippen molar-refractivity contribution >= 4 is 11.8 Å². The topological polar surface area (TPSA) is 15.3 Å². The largest absolute Gasteiger partial charge is 0.311 e. The lowest BCUT2D eigenvalue weighted by Crippen LogP contribution is -2.57. The van der Waals surface area contributed by atoms with E-state index in [4.69, 9.17) is 0 Å². The van der Waals surface area contributed by atoms with Crippen molar-refractivity contribution in [2.24, 2.45) is 5.41 Å². The minimum Gasteiger partial charge on any atom is -0.311 e. The van der Waals surface area contributed by atoms with Gasteiger partial charge in [-0.25, -0.2) is 0 Å². The van der Waals surface area contributed by atoms with Crippen molar-refractivity contribution in [2.75, 3.05) is 25.4 Å². The average Bonchev–Trinajstić information content (AvgIpc) is 2.77. The molecule has 2 rings (SSSR count). The molecule has 3 atom stereocenters. The van der Waals surface area contributed by atoms with Gasteiger partial charge in [0.2, 0.25) is 0 Å². The summed E-state index contributed by atoms with van der Waals surface area (Å²) in [5.74, 6) is 1.28. The zero-order chi connectivity index (χ0) is 13.2. The first-order valence-electron chi connectivity index (χ1n) is 7.59. The number of nitrogens with one attached hydrogen (secondary N) is 1. The molecule has 0 aromatic rings. The molecule has 0 aromatic carbocycles. The zero-order valence-corrected chi connectivity index (χ0v) is 13.4. The van der Waals surface area contributed by atoms with Gasteiger partial charge in [0.1, 0.15) is 0 Å². The van der Waals surface area contributed by atoms with Crippen LogP contribution in [0.5, 0.6) is 0 Å². The van der Waals surface area contributed by atoms with Crippen molar-refractivity contribution in [3.05, 3.63) is 0 Å². The standard InChI is InChI=1S/C15H30N2S/c1-5-18-13-7-6-12(10-13)17-9-8-16-14(11-17)15(2,3)4/h12-14,16H,5-11H2,1-4H3. The maximum atomic E-state index is 3.70. The lowest BCUT2D eigenvalue weighted by molar-refractivity contribution is 0.0998. The fourth-order valence-electron chi connectivity index (χ4n) is 3.32. The van der Waals surface area contributed by atoms with Gasteiger partial charge in [0, 0.05) is 37.0 Å². The Morgan fingerprint density at radius 3 is 2.72 bits per heavy atom. The highest BCUT2D eigenvalue weighted by molar-refractivity contribution is 7.99. The molecule has 3 unspecified atom stereocenters. The number of thioether (sulfide) groups is 1. The highest BCUT2D eigenvalue weighted by atomic mass is 32.2. The van der Waals surface area contributed by atoms with Gasteiger partial charge in [-0.05, 0) is 30.4 Å². The molecule has 2 aliphatic rings. The van der Waals surface area contributed by atoms with E-state index in [1.54, 1.807) is 0 Å². The summed E-state index contributed by atoms with van der Waals surface area (Å²) in [5.41, 5.74) is 0.384. The van der Waals surface area contributed by atoms with Gasteiger partial charge in [0.05, 0.1) is 0 Å². The predicted molar refractivity (Wildman–Crippen MR) is 82.4 cm³/mol. The Kier molecular flexibility index (Phi) is 5.01. The van der Waals surface area contributed by atoms with Crippen molar-refractivity contribution in [1.82, 2.24) is 10.2 Å². The minimum absolute atomic E-state index is 0.384. The summed E-state index contributed by atoms with van der Waals surface area (Å²) < 4.78 is 0. The van der Waals surface area contributed by atoms with Crippen LogP contribution in [0.3, 0.4) is 0 Å². The van der Waals surface area contributed by atoms with Crippen LogP contribution in [0.2, 0.25) is 0 Å². The van der Waals surface area contributed by atoms with Crippen molar-refractivity contribution in [3.63, 3.8) is 0 Å². The van der Waals surface area contributed by atoms with E-state index >= 15 is 0 Å². The third kappa shape index (κ3) is 3.64. The minimum atomic E-state index is 0.384. The van der Waals surface area contributed by atoms with E-state index in [0.29, 0.717) is 11.5 Å². The maximum absolute atomic E-state index is 3.70. The summed E-state index contributed by atoms with van der Waals surface area (Å²) in [7, 11) is 0. The van der Waals surface area contributed by atoms with Crippen molar-refractivity contribution in [1.29, 1.82) is 0 Å². The van der Waals surface area contributed by atoms with Gasteiger partial charge < -0.3 is 5.32 Å². The molecule has 2 fully saturated rings. The summed E-state index contributed by atoms with van der Waals surface area (Å²) in [6.07, 6.45) is 4.29. The van der Waals surface area contributed by atoms with Crippen molar-refractivity contribution in [2.45, 2.75) is 64.3 Å². The van der Waals surface area contributed by atoms with Crippen molar-refractivity contribution in [3.8, 4) is 0 Å². The molecule has 1 N–H and O–H groups in total. The van der Waals surface area contributed by atoms with E-state index in [9.17, 15) is 0 Å². The molecule has 0 aromatic heterocycles. The van der Waals surface area contributed by atoms with E-state index < -0.39 is 0 Å². The Hall–Kier alpha value is 0.270. The highest BCUT2D eigenvalue weighted by Crippen LogP contribution is 2.34. The number of rotatable bonds is 3. The molecular weight excluding hydrogens is 240 g/mol. The van der Waals surface area contributed by atoms with Gasteiger partial charge in [0.15, 0.2) is 0 Å². The molecular formula is C15H30N2S. The van der Waals surface area contributed by atoms with Gasteiger partial charge in [-0.15, -0.1) is 0 Å². The Bertz CT molecular complexity index is 262. The van der Waals surface area contributed by atoms with Crippen LogP contribution in [-0.4, -0.2) is 47.6 Å². The Balaban J connectivity index is 1.86. The van der Waals surface area contributed by atoms with Gasteiger partial charge in [-0.3, -0.25) is 4.90 Å². The van der Waals surface area contributed by atoms with Crippen LogP contribution >= 0.6 is 11.8 Å². The van der Waals surface area contributed by atoms with Gasteiger partial charge in [-0.1, -0.05) is 27.7 Å². The van der Waals surface area contributed by atoms with Crippen molar-refractivity contribution < 1.29 is 0 Å². The summed E-state index contributed by atoms with van der Waals surface area (Å²) in [6.45, 7) is 13.0. The van der Waals surface area contributed by atoms with E-state index in [1.165, 1.54) is 44.6 Å². The van der Waals surface area contributed by atoms with Crippen LogP contribution in [0.1, 0.15) is 47.0 Å². The van der Waals surface area contributed by atoms with Crippen LogP contribution in [0.15, 0.2) is 0 Å². The van der Waals surface area contributed by atoms with Crippen LogP contribution in [-0.2, 0) is 0 Å². The second-order valence-electron chi connectivity index (χ2n) is 6.91. The Morgan fingerprint density at radius 1 is 1.28 bits per heavy atom. The quantitative estimate of drug-likeness (QED) is 0.849. The van der Waals surface area contributed by atoms with E-state index in [1.807, 2.05) is 0 Å². The molecule has 3 heteroatoms. The molecule has 1 aliphatic heterocycles. The first-order valence-corrected chi connectivity index (χ1v) is 8.64. The number of nitrogens with zero attached hydrogens (tertiary/aromatic N) is 1. The van der Waals surface area contributed by atoms with Crippen LogP contribution in [0, 0.1) is 5.41 Å². The van der Waals surface area contributed by atoms with E-state index in [2.05, 4.69) is 49.7 Å². The summed E-state index contributed by atoms with van der Waals surface area (Å²) in [4.78, 5) is 2.77. The van der Waals surface area contributed by atoms with Gasteiger partial charge >= 0.3 is 0 Å². The molecule has 0 amide bonds. The summed E-state index contributed by atoms with van der Waals surface area (Å²) in [6, 6.07) is 1.52. The summed E-state index contributed by atoms with van der Waals surface area (Å²) >= 11 is 2.17. The molecule has 0 radical (unpaired) electrons. The lowest BCUT2D eigenvalue weighted by atomic mass is 9.85. The molecule has 2 nitrogen and oxygen atoms in total. The zero-order valence-electron chi connectivity index (χ0n) is 12.5. The smallest absolute Gasteiger partial charge is 0.0244 e.